The predicted molar refractivity (Wildman–Crippen MR) is 57.1 cm³/mol. The first-order valence-corrected chi connectivity index (χ1v) is 5.30. The number of halogens is 1. The van der Waals surface area contributed by atoms with Crippen molar-refractivity contribution in [2.24, 2.45) is 11.8 Å². The highest BCUT2D eigenvalue weighted by Crippen LogP contribution is 2.30. The molecule has 1 rings (SSSR count). The first kappa shape index (κ1) is 11.7. The van der Waals surface area contributed by atoms with E-state index in [0.29, 0.717) is 13.1 Å². The van der Waals surface area contributed by atoms with E-state index < -0.39 is 11.9 Å². The van der Waals surface area contributed by atoms with Crippen molar-refractivity contribution in [3.63, 3.8) is 0 Å². The molecule has 1 aliphatic heterocycles. The van der Waals surface area contributed by atoms with Crippen LogP contribution in [0.2, 0.25) is 0 Å². The van der Waals surface area contributed by atoms with Gasteiger partial charge in [-0.05, 0) is 11.8 Å². The summed E-state index contributed by atoms with van der Waals surface area (Å²) >= 11 is 2.10. The fourth-order valence-corrected chi connectivity index (χ4v) is 2.80. The molecule has 0 saturated carbocycles. The summed E-state index contributed by atoms with van der Waals surface area (Å²) in [5.41, 5.74) is 0. The van der Waals surface area contributed by atoms with Crippen LogP contribution in [0, 0.1) is 11.8 Å². The van der Waals surface area contributed by atoms with E-state index in [-0.39, 0.29) is 24.7 Å². The number of carboxylic acid groups (broad SMARTS) is 2. The molecular formula is C8H12INO4. The highest BCUT2D eigenvalue weighted by molar-refractivity contribution is 14.1. The van der Waals surface area contributed by atoms with E-state index in [9.17, 15) is 9.59 Å². The van der Waals surface area contributed by atoms with Crippen LogP contribution in [0.3, 0.4) is 0 Å². The molecule has 2 N–H and O–H groups in total. The van der Waals surface area contributed by atoms with Gasteiger partial charge < -0.3 is 10.2 Å². The zero-order valence-electron chi connectivity index (χ0n) is 7.52. The van der Waals surface area contributed by atoms with Gasteiger partial charge in [0.25, 0.3) is 0 Å². The van der Waals surface area contributed by atoms with Gasteiger partial charge in [0.2, 0.25) is 0 Å². The minimum atomic E-state index is -0.850. The molecule has 2 unspecified atom stereocenters. The third-order valence-corrected chi connectivity index (χ3v) is 3.19. The fraction of sp³-hybridized carbons (Fsp3) is 0.750. The zero-order chi connectivity index (χ0) is 10.7. The molecule has 6 heteroatoms. The average molecular weight is 313 g/mol. The Kier molecular flexibility index (Phi) is 4.11. The average Bonchev–Trinajstić information content (AvgIpc) is 2.28. The second-order valence-corrected chi connectivity index (χ2v) is 4.91. The minimum absolute atomic E-state index is 0.0273. The Labute approximate surface area is 95.6 Å². The summed E-state index contributed by atoms with van der Waals surface area (Å²) in [6.07, 6.45) is 0.134. The van der Waals surface area contributed by atoms with Crippen molar-refractivity contribution in [2.75, 3.05) is 13.1 Å². The van der Waals surface area contributed by atoms with Crippen LogP contribution in [0.1, 0.15) is 12.8 Å². The predicted octanol–water partition coefficient (Wildman–Crippen LogP) is 0.834. The first-order valence-electron chi connectivity index (χ1n) is 4.33. The fourth-order valence-electron chi connectivity index (χ4n) is 1.79. The van der Waals surface area contributed by atoms with E-state index in [0.717, 1.165) is 0 Å². The van der Waals surface area contributed by atoms with Crippen LogP contribution < -0.4 is 0 Å². The normalized spacial score (nSPS) is 27.8. The Morgan fingerprint density at radius 3 is 1.79 bits per heavy atom. The summed E-state index contributed by atoms with van der Waals surface area (Å²) < 4.78 is 1.96. The van der Waals surface area contributed by atoms with Crippen molar-refractivity contribution >= 4 is 34.8 Å². The van der Waals surface area contributed by atoms with Crippen molar-refractivity contribution < 1.29 is 19.8 Å². The maximum absolute atomic E-state index is 10.5. The zero-order valence-corrected chi connectivity index (χ0v) is 9.68. The Morgan fingerprint density at radius 1 is 1.14 bits per heavy atom. The summed E-state index contributed by atoms with van der Waals surface area (Å²) in [6, 6.07) is 0. The number of carbonyl (C=O) groups is 2. The van der Waals surface area contributed by atoms with Gasteiger partial charge in [-0.15, -0.1) is 0 Å². The summed E-state index contributed by atoms with van der Waals surface area (Å²) in [6.45, 7) is 1.34. The molecule has 0 spiro atoms. The van der Waals surface area contributed by atoms with E-state index >= 15 is 0 Å². The molecule has 0 amide bonds. The van der Waals surface area contributed by atoms with Gasteiger partial charge in [0.05, 0.1) is 0 Å². The van der Waals surface area contributed by atoms with Crippen molar-refractivity contribution in [1.82, 2.24) is 3.11 Å². The summed E-state index contributed by atoms with van der Waals surface area (Å²) in [7, 11) is 0. The van der Waals surface area contributed by atoms with Crippen LogP contribution in [0.25, 0.3) is 0 Å². The van der Waals surface area contributed by atoms with E-state index in [1.165, 1.54) is 0 Å². The Morgan fingerprint density at radius 2 is 1.50 bits per heavy atom. The van der Waals surface area contributed by atoms with E-state index in [1.54, 1.807) is 0 Å². The molecule has 0 aromatic heterocycles. The molecule has 80 valence electrons. The standard InChI is InChI=1S/C8H12INO4/c9-10-3-5(1-7(11)12)6(4-10)2-8(13)14/h5-6H,1-4H2,(H,11,12)(H,13,14). The van der Waals surface area contributed by atoms with Crippen LogP contribution in [-0.2, 0) is 9.59 Å². The Bertz CT molecular complexity index is 221. The smallest absolute Gasteiger partial charge is 0.303 e. The molecule has 2 atom stereocenters. The maximum Gasteiger partial charge on any atom is 0.303 e. The number of hydrogen-bond donors (Lipinski definition) is 2. The van der Waals surface area contributed by atoms with Crippen molar-refractivity contribution in [1.29, 1.82) is 0 Å². The first-order chi connectivity index (χ1) is 6.49. The van der Waals surface area contributed by atoms with Gasteiger partial charge in [0.15, 0.2) is 0 Å². The Hall–Kier alpha value is -0.370. The van der Waals surface area contributed by atoms with Gasteiger partial charge in [0, 0.05) is 48.8 Å². The number of nitrogens with zero attached hydrogens (tertiary/aromatic N) is 1. The lowest BCUT2D eigenvalue weighted by molar-refractivity contribution is -0.141. The molecular weight excluding hydrogens is 301 g/mol. The maximum atomic E-state index is 10.5. The topological polar surface area (TPSA) is 77.8 Å². The summed E-state index contributed by atoms with van der Waals surface area (Å²) in [5, 5.41) is 17.3. The lowest BCUT2D eigenvalue weighted by Gasteiger charge is -2.13. The van der Waals surface area contributed by atoms with E-state index in [4.69, 9.17) is 10.2 Å². The van der Waals surface area contributed by atoms with Gasteiger partial charge in [-0.1, -0.05) is 0 Å². The molecule has 1 heterocycles. The summed E-state index contributed by atoms with van der Waals surface area (Å²) in [4.78, 5) is 21.0. The molecule has 1 aliphatic rings. The SMILES string of the molecule is O=C(O)CC1CN(I)CC1CC(=O)O. The number of rotatable bonds is 4. The highest BCUT2D eigenvalue weighted by atomic mass is 127. The van der Waals surface area contributed by atoms with Gasteiger partial charge >= 0.3 is 11.9 Å². The van der Waals surface area contributed by atoms with Crippen LogP contribution >= 0.6 is 22.9 Å². The lowest BCUT2D eigenvalue weighted by atomic mass is 9.90. The molecule has 0 aromatic carbocycles. The molecule has 0 aliphatic carbocycles. The molecule has 0 radical (unpaired) electrons. The van der Waals surface area contributed by atoms with Gasteiger partial charge in [-0.2, -0.15) is 0 Å². The molecule has 0 aromatic rings. The molecule has 1 saturated heterocycles. The van der Waals surface area contributed by atoms with Crippen molar-refractivity contribution in [3.8, 4) is 0 Å². The number of hydrogen-bond acceptors (Lipinski definition) is 3. The Balaban J connectivity index is 2.53. The largest absolute Gasteiger partial charge is 0.481 e. The van der Waals surface area contributed by atoms with Crippen molar-refractivity contribution in [2.45, 2.75) is 12.8 Å². The highest BCUT2D eigenvalue weighted by Gasteiger charge is 2.34. The lowest BCUT2D eigenvalue weighted by Crippen LogP contribution is -2.19. The second-order valence-electron chi connectivity index (χ2n) is 3.54. The van der Waals surface area contributed by atoms with Gasteiger partial charge in [-0.25, -0.2) is 3.11 Å². The van der Waals surface area contributed by atoms with Crippen LogP contribution in [0.5, 0.6) is 0 Å². The summed E-state index contributed by atoms with van der Waals surface area (Å²) in [5.74, 6) is -1.75. The van der Waals surface area contributed by atoms with Gasteiger partial charge in [-0.3, -0.25) is 9.59 Å². The van der Waals surface area contributed by atoms with Gasteiger partial charge in [0.1, 0.15) is 0 Å². The monoisotopic (exact) mass is 313 g/mol. The quantitative estimate of drug-likeness (QED) is 0.594. The third kappa shape index (κ3) is 3.41. The van der Waals surface area contributed by atoms with Crippen LogP contribution in [0.15, 0.2) is 0 Å². The molecule has 0 bridgehead atoms. The van der Waals surface area contributed by atoms with Crippen LogP contribution in [-0.4, -0.2) is 38.4 Å². The number of carboxylic acids is 2. The molecule has 1 fully saturated rings. The van der Waals surface area contributed by atoms with E-state index in [2.05, 4.69) is 22.9 Å². The minimum Gasteiger partial charge on any atom is -0.481 e. The third-order valence-electron chi connectivity index (χ3n) is 2.41. The number of aliphatic carboxylic acids is 2. The molecule has 14 heavy (non-hydrogen) atoms. The van der Waals surface area contributed by atoms with Crippen molar-refractivity contribution in [3.05, 3.63) is 0 Å². The second kappa shape index (κ2) is 4.92. The van der Waals surface area contributed by atoms with Crippen LogP contribution in [0.4, 0.5) is 0 Å². The van der Waals surface area contributed by atoms with E-state index in [1.807, 2.05) is 3.11 Å². The molecule has 5 nitrogen and oxygen atoms in total.